The molecule has 0 spiro atoms. The highest BCUT2D eigenvalue weighted by atomic mass is 16.5. The van der Waals surface area contributed by atoms with Crippen molar-refractivity contribution in [2.75, 3.05) is 6.61 Å². The average Bonchev–Trinajstić information content (AvgIpc) is 1.90. The Balaban J connectivity index is 2.46. The lowest BCUT2D eigenvalue weighted by atomic mass is 10.1. The van der Waals surface area contributed by atoms with E-state index in [0.717, 1.165) is 25.0 Å². The van der Waals surface area contributed by atoms with E-state index in [2.05, 4.69) is 0 Å². The van der Waals surface area contributed by atoms with Crippen molar-refractivity contribution in [1.29, 1.82) is 0 Å². The van der Waals surface area contributed by atoms with Gasteiger partial charge in [0.1, 0.15) is 0 Å². The zero-order valence-electron chi connectivity index (χ0n) is 5.63. The van der Waals surface area contributed by atoms with Gasteiger partial charge in [-0.05, 0) is 25.3 Å². The van der Waals surface area contributed by atoms with Gasteiger partial charge in [-0.15, -0.1) is 0 Å². The summed E-state index contributed by atoms with van der Waals surface area (Å²) in [7, 11) is 0. The van der Waals surface area contributed by atoms with Gasteiger partial charge in [0, 0.05) is 0 Å². The first-order valence-electron chi connectivity index (χ1n) is 3.29. The van der Waals surface area contributed by atoms with E-state index in [1.807, 2.05) is 0 Å². The molecule has 0 amide bonds. The molecule has 1 aliphatic rings. The first kappa shape index (κ1) is 6.62. The van der Waals surface area contributed by atoms with E-state index in [4.69, 9.17) is 9.84 Å². The molecular formula is C7H12O2. The van der Waals surface area contributed by atoms with Gasteiger partial charge in [0.2, 0.25) is 0 Å². The standard InChI is InChI=1S/C7H12O2/c1-6(8)7-3-2-4-9-5-7/h5-6,8H,2-4H2,1H3. The minimum absolute atomic E-state index is 0.328. The molecule has 1 N–H and O–H groups in total. The lowest BCUT2D eigenvalue weighted by Crippen LogP contribution is -2.09. The molecule has 9 heavy (non-hydrogen) atoms. The number of aliphatic hydroxyl groups is 1. The predicted octanol–water partition coefficient (Wildman–Crippen LogP) is 1.06. The van der Waals surface area contributed by atoms with Crippen molar-refractivity contribution in [3.05, 3.63) is 11.8 Å². The Morgan fingerprint density at radius 1 is 1.78 bits per heavy atom. The smallest absolute Gasteiger partial charge is 0.0876 e. The Morgan fingerprint density at radius 2 is 2.56 bits per heavy atom. The summed E-state index contributed by atoms with van der Waals surface area (Å²) >= 11 is 0. The molecule has 1 rings (SSSR count). The number of hydrogen-bond donors (Lipinski definition) is 1. The van der Waals surface area contributed by atoms with Crippen LogP contribution in [0.4, 0.5) is 0 Å². The summed E-state index contributed by atoms with van der Waals surface area (Å²) < 4.78 is 5.02. The molecule has 0 aromatic carbocycles. The monoisotopic (exact) mass is 128 g/mol. The molecule has 0 aromatic heterocycles. The van der Waals surface area contributed by atoms with Crippen LogP contribution in [0, 0.1) is 0 Å². The second kappa shape index (κ2) is 2.87. The van der Waals surface area contributed by atoms with Gasteiger partial charge in [-0.25, -0.2) is 0 Å². The van der Waals surface area contributed by atoms with Crippen LogP contribution < -0.4 is 0 Å². The fourth-order valence-corrected chi connectivity index (χ4v) is 0.892. The normalized spacial score (nSPS) is 22.2. The Kier molecular flexibility index (Phi) is 2.11. The molecule has 2 heteroatoms. The van der Waals surface area contributed by atoms with Gasteiger partial charge < -0.3 is 9.84 Å². The topological polar surface area (TPSA) is 29.5 Å². The maximum Gasteiger partial charge on any atom is 0.0876 e. The fraction of sp³-hybridized carbons (Fsp3) is 0.714. The molecule has 1 aliphatic heterocycles. The van der Waals surface area contributed by atoms with Gasteiger partial charge in [0.05, 0.1) is 19.0 Å². The largest absolute Gasteiger partial charge is 0.501 e. The highest BCUT2D eigenvalue weighted by Gasteiger charge is 2.08. The van der Waals surface area contributed by atoms with Crippen LogP contribution in [0.25, 0.3) is 0 Å². The first-order valence-corrected chi connectivity index (χ1v) is 3.29. The number of rotatable bonds is 1. The quantitative estimate of drug-likeness (QED) is 0.572. The second-order valence-corrected chi connectivity index (χ2v) is 2.34. The molecule has 0 aromatic rings. The van der Waals surface area contributed by atoms with Crippen molar-refractivity contribution in [3.63, 3.8) is 0 Å². The third-order valence-electron chi connectivity index (χ3n) is 1.50. The van der Waals surface area contributed by atoms with E-state index < -0.39 is 0 Å². The summed E-state index contributed by atoms with van der Waals surface area (Å²) in [5, 5.41) is 9.03. The van der Waals surface area contributed by atoms with E-state index in [0.29, 0.717) is 0 Å². The maximum atomic E-state index is 9.03. The highest BCUT2D eigenvalue weighted by Crippen LogP contribution is 2.14. The summed E-state index contributed by atoms with van der Waals surface area (Å²) in [6, 6.07) is 0. The van der Waals surface area contributed by atoms with Crippen molar-refractivity contribution in [1.82, 2.24) is 0 Å². The molecule has 1 atom stereocenters. The van der Waals surface area contributed by atoms with Gasteiger partial charge >= 0.3 is 0 Å². The Morgan fingerprint density at radius 3 is 2.89 bits per heavy atom. The van der Waals surface area contributed by atoms with Crippen LogP contribution in [0.2, 0.25) is 0 Å². The van der Waals surface area contributed by atoms with E-state index in [-0.39, 0.29) is 6.10 Å². The van der Waals surface area contributed by atoms with Crippen LogP contribution in [-0.2, 0) is 4.74 Å². The average molecular weight is 128 g/mol. The van der Waals surface area contributed by atoms with Crippen LogP contribution in [-0.4, -0.2) is 17.8 Å². The van der Waals surface area contributed by atoms with Gasteiger partial charge in [0.15, 0.2) is 0 Å². The van der Waals surface area contributed by atoms with Crippen LogP contribution in [0.15, 0.2) is 11.8 Å². The van der Waals surface area contributed by atoms with Crippen LogP contribution >= 0.6 is 0 Å². The number of ether oxygens (including phenoxy) is 1. The van der Waals surface area contributed by atoms with Gasteiger partial charge in [-0.1, -0.05) is 0 Å². The first-order chi connectivity index (χ1) is 4.30. The zero-order valence-corrected chi connectivity index (χ0v) is 5.63. The van der Waals surface area contributed by atoms with Crippen molar-refractivity contribution >= 4 is 0 Å². The fourth-order valence-electron chi connectivity index (χ4n) is 0.892. The molecule has 0 saturated heterocycles. The molecule has 0 bridgehead atoms. The Bertz CT molecular complexity index is 116. The molecule has 1 unspecified atom stereocenters. The van der Waals surface area contributed by atoms with Crippen molar-refractivity contribution in [3.8, 4) is 0 Å². The minimum atomic E-state index is -0.328. The SMILES string of the molecule is CC(O)C1=COCCC1. The zero-order chi connectivity index (χ0) is 6.69. The molecular weight excluding hydrogens is 116 g/mol. The third-order valence-corrected chi connectivity index (χ3v) is 1.50. The van der Waals surface area contributed by atoms with E-state index >= 15 is 0 Å². The number of aliphatic hydroxyl groups excluding tert-OH is 1. The van der Waals surface area contributed by atoms with Gasteiger partial charge in [-0.2, -0.15) is 0 Å². The van der Waals surface area contributed by atoms with Gasteiger partial charge in [-0.3, -0.25) is 0 Å². The van der Waals surface area contributed by atoms with E-state index in [1.54, 1.807) is 13.2 Å². The molecule has 52 valence electrons. The maximum absolute atomic E-state index is 9.03. The second-order valence-electron chi connectivity index (χ2n) is 2.34. The van der Waals surface area contributed by atoms with Crippen molar-refractivity contribution in [2.45, 2.75) is 25.9 Å². The summed E-state index contributed by atoms with van der Waals surface area (Å²) in [5.41, 5.74) is 1.02. The van der Waals surface area contributed by atoms with Crippen LogP contribution in [0.5, 0.6) is 0 Å². The molecule has 2 nitrogen and oxygen atoms in total. The minimum Gasteiger partial charge on any atom is -0.501 e. The Hall–Kier alpha value is -0.500. The molecule has 0 aliphatic carbocycles. The van der Waals surface area contributed by atoms with E-state index in [1.165, 1.54) is 0 Å². The van der Waals surface area contributed by atoms with Crippen molar-refractivity contribution in [2.24, 2.45) is 0 Å². The summed E-state index contributed by atoms with van der Waals surface area (Å²) in [4.78, 5) is 0. The lowest BCUT2D eigenvalue weighted by Gasteiger charge is -2.15. The van der Waals surface area contributed by atoms with Gasteiger partial charge in [0.25, 0.3) is 0 Å². The summed E-state index contributed by atoms with van der Waals surface area (Å²) in [5.74, 6) is 0. The molecule has 1 heterocycles. The van der Waals surface area contributed by atoms with Crippen molar-refractivity contribution < 1.29 is 9.84 Å². The van der Waals surface area contributed by atoms with E-state index in [9.17, 15) is 0 Å². The van der Waals surface area contributed by atoms with Crippen LogP contribution in [0.3, 0.4) is 0 Å². The molecule has 0 saturated carbocycles. The molecule has 0 radical (unpaired) electrons. The predicted molar refractivity (Wildman–Crippen MR) is 34.9 cm³/mol. The Labute approximate surface area is 55.1 Å². The lowest BCUT2D eigenvalue weighted by molar-refractivity contribution is 0.179. The highest BCUT2D eigenvalue weighted by molar-refractivity contribution is 5.04. The molecule has 0 fully saturated rings. The number of hydrogen-bond acceptors (Lipinski definition) is 2. The third kappa shape index (κ3) is 1.72. The van der Waals surface area contributed by atoms with Crippen LogP contribution in [0.1, 0.15) is 19.8 Å². The summed E-state index contributed by atoms with van der Waals surface area (Å²) in [6.45, 7) is 2.57. The summed E-state index contributed by atoms with van der Waals surface area (Å²) in [6.07, 6.45) is 3.37.